The third kappa shape index (κ3) is 3.20. The van der Waals surface area contributed by atoms with Crippen molar-refractivity contribution in [1.82, 2.24) is 0 Å². The quantitative estimate of drug-likeness (QED) is 0.754. The van der Waals surface area contributed by atoms with E-state index >= 15 is 0 Å². The van der Waals surface area contributed by atoms with Crippen LogP contribution in [0.3, 0.4) is 0 Å². The monoisotopic (exact) mass is 363 g/mol. The van der Waals surface area contributed by atoms with Crippen molar-refractivity contribution in [3.8, 4) is 0 Å². The number of anilines is 1. The molecule has 1 unspecified atom stereocenters. The molecule has 2 aliphatic rings. The van der Waals surface area contributed by atoms with E-state index in [-0.39, 0.29) is 35.3 Å². The largest absolute Gasteiger partial charge is 0.294 e. The number of hydrogen-bond donors (Lipinski definition) is 0. The Kier molecular flexibility index (Phi) is 4.22. The van der Waals surface area contributed by atoms with Gasteiger partial charge in [0, 0.05) is 35.7 Å². The highest BCUT2D eigenvalue weighted by Gasteiger charge is 2.44. The predicted molar refractivity (Wildman–Crippen MR) is 103 cm³/mol. The minimum atomic E-state index is -0.322. The van der Waals surface area contributed by atoms with Crippen LogP contribution < -0.4 is 4.90 Å². The summed E-state index contributed by atoms with van der Waals surface area (Å²) < 4.78 is 13.4. The predicted octanol–water partition coefficient (Wildman–Crippen LogP) is 4.99. The Morgan fingerprint density at radius 1 is 0.963 bits per heavy atom. The van der Waals surface area contributed by atoms with Gasteiger partial charge in [0.2, 0.25) is 5.91 Å². The normalized spacial score (nSPS) is 22.0. The average Bonchev–Trinajstić information content (AvgIpc) is 2.61. The van der Waals surface area contributed by atoms with Gasteiger partial charge in [-0.2, -0.15) is 0 Å². The summed E-state index contributed by atoms with van der Waals surface area (Å²) in [4.78, 5) is 27.9. The first-order valence-corrected chi connectivity index (χ1v) is 9.25. The molecule has 0 radical (unpaired) electrons. The van der Waals surface area contributed by atoms with Crippen molar-refractivity contribution < 1.29 is 14.0 Å². The molecule has 1 aliphatic carbocycles. The molecule has 3 nitrogen and oxygen atoms in total. The van der Waals surface area contributed by atoms with E-state index in [4.69, 9.17) is 0 Å². The van der Waals surface area contributed by atoms with Crippen molar-refractivity contribution in [3.05, 3.63) is 77.2 Å². The number of nitrogens with zero attached hydrogens (tertiary/aromatic N) is 1. The molecule has 2 aromatic rings. The summed E-state index contributed by atoms with van der Waals surface area (Å²) in [6, 6.07) is 15.6. The summed E-state index contributed by atoms with van der Waals surface area (Å²) in [6.07, 6.45) is 1.33. The number of para-hydroxylation sites is 1. The van der Waals surface area contributed by atoms with Crippen LogP contribution in [0.2, 0.25) is 0 Å². The summed E-state index contributed by atoms with van der Waals surface area (Å²) in [5, 5.41) is 0. The maximum Gasteiger partial charge on any atom is 0.232 e. The average molecular weight is 363 g/mol. The van der Waals surface area contributed by atoms with Crippen LogP contribution in [0.25, 0.3) is 0 Å². The number of carbonyl (C=O) groups is 2. The lowest BCUT2D eigenvalue weighted by Crippen LogP contribution is -2.43. The third-order valence-corrected chi connectivity index (χ3v) is 5.43. The number of rotatable bonds is 2. The van der Waals surface area contributed by atoms with Crippen LogP contribution in [0, 0.1) is 11.2 Å². The number of ketones is 1. The third-order valence-electron chi connectivity index (χ3n) is 5.43. The summed E-state index contributed by atoms with van der Waals surface area (Å²) in [7, 11) is 0. The van der Waals surface area contributed by atoms with Gasteiger partial charge in [0.05, 0.1) is 0 Å². The minimum absolute atomic E-state index is 0.0280. The van der Waals surface area contributed by atoms with E-state index in [2.05, 4.69) is 13.8 Å². The topological polar surface area (TPSA) is 37.4 Å². The van der Waals surface area contributed by atoms with E-state index in [1.807, 2.05) is 30.3 Å². The zero-order valence-corrected chi connectivity index (χ0v) is 15.5. The molecular weight excluding hydrogens is 341 g/mol. The van der Waals surface area contributed by atoms with E-state index in [0.717, 1.165) is 16.9 Å². The summed E-state index contributed by atoms with van der Waals surface area (Å²) in [6.45, 7) is 4.12. The summed E-state index contributed by atoms with van der Waals surface area (Å²) in [5.74, 6) is -0.572. The van der Waals surface area contributed by atoms with Gasteiger partial charge in [-0.15, -0.1) is 0 Å². The van der Waals surface area contributed by atoms with Gasteiger partial charge in [-0.3, -0.25) is 14.5 Å². The van der Waals surface area contributed by atoms with Gasteiger partial charge in [-0.25, -0.2) is 4.39 Å². The summed E-state index contributed by atoms with van der Waals surface area (Å²) in [5.41, 5.74) is 2.92. The van der Waals surface area contributed by atoms with Crippen molar-refractivity contribution >= 4 is 17.4 Å². The Morgan fingerprint density at radius 3 is 2.30 bits per heavy atom. The van der Waals surface area contributed by atoms with Crippen molar-refractivity contribution in [2.45, 2.75) is 39.0 Å². The second-order valence-corrected chi connectivity index (χ2v) is 8.17. The number of halogens is 1. The molecule has 0 aromatic heterocycles. The van der Waals surface area contributed by atoms with Crippen LogP contribution in [-0.4, -0.2) is 11.7 Å². The highest BCUT2D eigenvalue weighted by molar-refractivity contribution is 6.07. The lowest BCUT2D eigenvalue weighted by atomic mass is 9.69. The molecule has 4 rings (SSSR count). The Labute approximate surface area is 158 Å². The van der Waals surface area contributed by atoms with E-state index < -0.39 is 0 Å². The van der Waals surface area contributed by atoms with Crippen molar-refractivity contribution in [3.63, 3.8) is 0 Å². The second-order valence-electron chi connectivity index (χ2n) is 8.17. The lowest BCUT2D eigenvalue weighted by molar-refractivity contribution is -0.121. The molecule has 0 saturated carbocycles. The van der Waals surface area contributed by atoms with E-state index in [1.165, 1.54) is 12.1 Å². The second kappa shape index (κ2) is 6.45. The zero-order valence-electron chi connectivity index (χ0n) is 15.5. The van der Waals surface area contributed by atoms with Crippen LogP contribution in [0.15, 0.2) is 65.9 Å². The van der Waals surface area contributed by atoms with Crippen molar-refractivity contribution in [2.24, 2.45) is 5.41 Å². The number of amides is 1. The van der Waals surface area contributed by atoms with Crippen LogP contribution in [0.5, 0.6) is 0 Å². The van der Waals surface area contributed by atoms with Gasteiger partial charge in [0.1, 0.15) is 5.82 Å². The Hall–Kier alpha value is -2.75. The van der Waals surface area contributed by atoms with E-state index in [9.17, 15) is 14.0 Å². The molecule has 2 aromatic carbocycles. The Balaban J connectivity index is 1.89. The standard InChI is InChI=1S/C23H22FNO2/c1-23(2)13-19-22(20(26)14-23)18(15-8-10-16(24)11-9-15)12-21(27)25(19)17-6-4-3-5-7-17/h3-11,18H,12-14H2,1-2H3. The van der Waals surface area contributed by atoms with Gasteiger partial charge >= 0.3 is 0 Å². The number of benzene rings is 2. The molecule has 4 heteroatoms. The maximum absolute atomic E-state index is 13.4. The SMILES string of the molecule is CC1(C)CC(=O)C2=C(C1)N(c1ccccc1)C(=O)CC2c1ccc(F)cc1. The first kappa shape index (κ1) is 17.7. The molecule has 27 heavy (non-hydrogen) atoms. The van der Waals surface area contributed by atoms with Crippen LogP contribution in [-0.2, 0) is 9.59 Å². The van der Waals surface area contributed by atoms with E-state index in [1.54, 1.807) is 17.0 Å². The number of carbonyl (C=O) groups excluding carboxylic acids is 2. The van der Waals surface area contributed by atoms with E-state index in [0.29, 0.717) is 18.4 Å². The number of allylic oxidation sites excluding steroid dienone is 2. The fourth-order valence-corrected chi connectivity index (χ4v) is 4.27. The zero-order chi connectivity index (χ0) is 19.2. The number of hydrogen-bond acceptors (Lipinski definition) is 2. The molecule has 0 spiro atoms. The van der Waals surface area contributed by atoms with Gasteiger partial charge in [0.15, 0.2) is 5.78 Å². The van der Waals surface area contributed by atoms with Crippen LogP contribution in [0.1, 0.15) is 44.6 Å². The molecule has 1 aliphatic heterocycles. The van der Waals surface area contributed by atoms with Crippen molar-refractivity contribution in [1.29, 1.82) is 0 Å². The van der Waals surface area contributed by atoms with Crippen molar-refractivity contribution in [2.75, 3.05) is 4.90 Å². The minimum Gasteiger partial charge on any atom is -0.294 e. The molecule has 0 bridgehead atoms. The molecule has 0 N–H and O–H groups in total. The molecule has 1 atom stereocenters. The highest BCUT2D eigenvalue weighted by Crippen LogP contribution is 2.48. The lowest BCUT2D eigenvalue weighted by Gasteiger charge is -2.43. The van der Waals surface area contributed by atoms with Crippen LogP contribution >= 0.6 is 0 Å². The molecule has 1 heterocycles. The fraction of sp³-hybridized carbons (Fsp3) is 0.304. The number of Topliss-reactive ketones (excluding diaryl/α,β-unsaturated/α-hetero) is 1. The molecule has 0 fully saturated rings. The molecule has 0 saturated heterocycles. The van der Waals surface area contributed by atoms with Gasteiger partial charge in [-0.1, -0.05) is 44.2 Å². The fourth-order valence-electron chi connectivity index (χ4n) is 4.27. The van der Waals surface area contributed by atoms with Crippen LogP contribution in [0.4, 0.5) is 10.1 Å². The first-order chi connectivity index (χ1) is 12.9. The van der Waals surface area contributed by atoms with Gasteiger partial charge < -0.3 is 0 Å². The van der Waals surface area contributed by atoms with Gasteiger partial charge in [-0.05, 0) is 41.7 Å². The maximum atomic E-state index is 13.4. The molecule has 1 amide bonds. The smallest absolute Gasteiger partial charge is 0.232 e. The Morgan fingerprint density at radius 2 is 1.63 bits per heavy atom. The molecular formula is C23H22FNO2. The highest BCUT2D eigenvalue weighted by atomic mass is 19.1. The first-order valence-electron chi connectivity index (χ1n) is 9.25. The summed E-state index contributed by atoms with van der Waals surface area (Å²) >= 11 is 0. The Bertz CT molecular complexity index is 929. The van der Waals surface area contributed by atoms with Gasteiger partial charge in [0.25, 0.3) is 0 Å². The molecule has 138 valence electrons.